The van der Waals surface area contributed by atoms with E-state index in [4.69, 9.17) is 0 Å². The van der Waals surface area contributed by atoms with Crippen LogP contribution in [-0.2, 0) is 6.42 Å². The Bertz CT molecular complexity index is 337. The maximum Gasteiger partial charge on any atom is 0.203 e. The van der Waals surface area contributed by atoms with Gasteiger partial charge in [0.25, 0.3) is 0 Å². The summed E-state index contributed by atoms with van der Waals surface area (Å²) in [5, 5.41) is 0. The van der Waals surface area contributed by atoms with Crippen LogP contribution >= 0.6 is 0 Å². The van der Waals surface area contributed by atoms with Crippen LogP contribution in [0.3, 0.4) is 0 Å². The third-order valence-electron chi connectivity index (χ3n) is 1.86. The number of hydrogen-bond donors (Lipinski definition) is 0. The summed E-state index contributed by atoms with van der Waals surface area (Å²) < 4.78 is 44.1. The molecule has 0 radical (unpaired) electrons. The summed E-state index contributed by atoms with van der Waals surface area (Å²) in [7, 11) is 0. The van der Waals surface area contributed by atoms with Gasteiger partial charge in [-0.05, 0) is 25.0 Å². The van der Waals surface area contributed by atoms with Crippen molar-refractivity contribution in [1.82, 2.24) is 0 Å². The summed E-state index contributed by atoms with van der Waals surface area (Å²) >= 11 is 0. The normalized spacial score (nSPS) is 10.4. The zero-order valence-corrected chi connectivity index (χ0v) is 8.03. The molecule has 0 amide bonds. The lowest BCUT2D eigenvalue weighted by atomic mass is 10.1. The van der Waals surface area contributed by atoms with Crippen molar-refractivity contribution in [2.24, 2.45) is 0 Å². The van der Waals surface area contributed by atoms with Crippen LogP contribution in [0.5, 0.6) is 5.75 Å². The van der Waals surface area contributed by atoms with Crippen LogP contribution in [0.15, 0.2) is 6.07 Å². The maximum atomic E-state index is 13.2. The fourth-order valence-corrected chi connectivity index (χ4v) is 1.16. The van der Waals surface area contributed by atoms with Gasteiger partial charge in [0.1, 0.15) is 0 Å². The van der Waals surface area contributed by atoms with Crippen molar-refractivity contribution in [3.63, 3.8) is 0 Å². The second kappa shape index (κ2) is 4.35. The molecule has 0 aliphatic carbocycles. The molecule has 0 atom stereocenters. The van der Waals surface area contributed by atoms with Crippen molar-refractivity contribution in [2.45, 2.75) is 20.3 Å². The molecule has 0 bridgehead atoms. The van der Waals surface area contributed by atoms with Crippen molar-refractivity contribution in [1.29, 1.82) is 0 Å². The van der Waals surface area contributed by atoms with E-state index in [9.17, 15) is 13.2 Å². The van der Waals surface area contributed by atoms with Crippen LogP contribution in [0.2, 0.25) is 0 Å². The van der Waals surface area contributed by atoms with Crippen molar-refractivity contribution in [3.05, 3.63) is 29.1 Å². The van der Waals surface area contributed by atoms with Gasteiger partial charge in [0.2, 0.25) is 5.82 Å². The van der Waals surface area contributed by atoms with Crippen molar-refractivity contribution in [3.8, 4) is 5.75 Å². The molecule has 1 nitrogen and oxygen atoms in total. The van der Waals surface area contributed by atoms with Gasteiger partial charge in [-0.2, -0.15) is 4.39 Å². The maximum absolute atomic E-state index is 13.2. The van der Waals surface area contributed by atoms with E-state index >= 15 is 0 Å². The Morgan fingerprint density at radius 1 is 1.14 bits per heavy atom. The molecule has 0 aromatic heterocycles. The quantitative estimate of drug-likeness (QED) is 0.687. The fraction of sp³-hybridized carbons (Fsp3) is 0.400. The minimum absolute atomic E-state index is 0.0171. The van der Waals surface area contributed by atoms with Gasteiger partial charge in [0, 0.05) is 0 Å². The first-order chi connectivity index (χ1) is 6.61. The molecule has 0 fully saturated rings. The minimum atomic E-state index is -1.25. The van der Waals surface area contributed by atoms with Gasteiger partial charge < -0.3 is 4.74 Å². The zero-order chi connectivity index (χ0) is 10.7. The smallest absolute Gasteiger partial charge is 0.203 e. The summed E-state index contributed by atoms with van der Waals surface area (Å²) in [5.41, 5.74) is 0.0171. The molecular formula is C10H11F3O. The van der Waals surface area contributed by atoms with E-state index in [1.165, 1.54) is 0 Å². The van der Waals surface area contributed by atoms with E-state index in [2.05, 4.69) is 4.74 Å². The Hall–Kier alpha value is -1.19. The second-order valence-corrected chi connectivity index (χ2v) is 2.76. The highest BCUT2D eigenvalue weighted by Gasteiger charge is 2.18. The van der Waals surface area contributed by atoms with Crippen LogP contribution in [0.1, 0.15) is 19.4 Å². The number of rotatable bonds is 3. The predicted molar refractivity (Wildman–Crippen MR) is 46.9 cm³/mol. The third-order valence-corrected chi connectivity index (χ3v) is 1.86. The van der Waals surface area contributed by atoms with Crippen LogP contribution in [0, 0.1) is 17.5 Å². The molecule has 0 N–H and O–H groups in total. The molecule has 1 aromatic rings. The Balaban J connectivity index is 3.26. The lowest BCUT2D eigenvalue weighted by molar-refractivity contribution is 0.294. The first-order valence-corrected chi connectivity index (χ1v) is 4.40. The molecule has 4 heteroatoms. The van der Waals surface area contributed by atoms with E-state index < -0.39 is 23.2 Å². The summed E-state index contributed by atoms with van der Waals surface area (Å²) in [5.74, 6) is -3.77. The Labute approximate surface area is 80.5 Å². The Morgan fingerprint density at radius 3 is 2.29 bits per heavy atom. The number of benzene rings is 1. The molecule has 0 saturated heterocycles. The molecule has 0 unspecified atom stereocenters. The summed E-state index contributed by atoms with van der Waals surface area (Å²) in [6.45, 7) is 3.29. The zero-order valence-electron chi connectivity index (χ0n) is 8.03. The van der Waals surface area contributed by atoms with Crippen LogP contribution < -0.4 is 4.74 Å². The molecular weight excluding hydrogens is 193 g/mol. The molecule has 0 aliphatic heterocycles. The summed E-state index contributed by atoms with van der Waals surface area (Å²) in [4.78, 5) is 0. The second-order valence-electron chi connectivity index (χ2n) is 2.76. The predicted octanol–water partition coefficient (Wildman–Crippen LogP) is 3.07. The molecule has 0 spiro atoms. The fourth-order valence-electron chi connectivity index (χ4n) is 1.16. The topological polar surface area (TPSA) is 9.23 Å². The molecule has 1 rings (SSSR count). The third kappa shape index (κ3) is 1.84. The van der Waals surface area contributed by atoms with Crippen LogP contribution in [-0.4, -0.2) is 6.61 Å². The Kier molecular flexibility index (Phi) is 3.38. The van der Waals surface area contributed by atoms with Crippen molar-refractivity contribution < 1.29 is 17.9 Å². The molecule has 0 heterocycles. The monoisotopic (exact) mass is 204 g/mol. The number of halogens is 3. The summed E-state index contributed by atoms with van der Waals surface area (Å²) in [6, 6.07) is 0.962. The first kappa shape index (κ1) is 10.9. The number of aryl methyl sites for hydroxylation is 1. The molecule has 0 saturated carbocycles. The minimum Gasteiger partial charge on any atom is -0.488 e. The van der Waals surface area contributed by atoms with E-state index in [0.717, 1.165) is 6.07 Å². The lowest BCUT2D eigenvalue weighted by Gasteiger charge is -2.08. The van der Waals surface area contributed by atoms with E-state index in [1.807, 2.05) is 0 Å². The SMILES string of the molecule is CCOc1c(F)cc(CC)c(F)c1F. The largest absolute Gasteiger partial charge is 0.488 e. The van der Waals surface area contributed by atoms with Crippen molar-refractivity contribution >= 4 is 0 Å². The van der Waals surface area contributed by atoms with Gasteiger partial charge in [-0.15, -0.1) is 0 Å². The van der Waals surface area contributed by atoms with Gasteiger partial charge in [-0.3, -0.25) is 0 Å². The molecule has 78 valence electrons. The van der Waals surface area contributed by atoms with Gasteiger partial charge in [0.05, 0.1) is 6.61 Å². The first-order valence-electron chi connectivity index (χ1n) is 4.40. The van der Waals surface area contributed by atoms with Crippen molar-refractivity contribution in [2.75, 3.05) is 6.61 Å². The molecule has 1 aromatic carbocycles. The highest BCUT2D eigenvalue weighted by atomic mass is 19.2. The average molecular weight is 204 g/mol. The highest BCUT2D eigenvalue weighted by molar-refractivity contribution is 5.32. The van der Waals surface area contributed by atoms with E-state index in [1.54, 1.807) is 13.8 Å². The molecule has 14 heavy (non-hydrogen) atoms. The average Bonchev–Trinajstić information content (AvgIpc) is 2.18. The lowest BCUT2D eigenvalue weighted by Crippen LogP contribution is -2.03. The van der Waals surface area contributed by atoms with Gasteiger partial charge in [0.15, 0.2) is 17.4 Å². The van der Waals surface area contributed by atoms with E-state index in [0.29, 0.717) is 0 Å². The van der Waals surface area contributed by atoms with E-state index in [-0.39, 0.29) is 18.6 Å². The standard InChI is InChI=1S/C10H11F3O/c1-3-6-5-7(11)10(14-4-2)9(13)8(6)12/h5H,3-4H2,1-2H3. The molecule has 0 aliphatic rings. The number of ether oxygens (including phenoxy) is 1. The Morgan fingerprint density at radius 2 is 1.79 bits per heavy atom. The van der Waals surface area contributed by atoms with Crippen LogP contribution in [0.25, 0.3) is 0 Å². The number of hydrogen-bond acceptors (Lipinski definition) is 1. The van der Waals surface area contributed by atoms with Gasteiger partial charge >= 0.3 is 0 Å². The highest BCUT2D eigenvalue weighted by Crippen LogP contribution is 2.26. The van der Waals surface area contributed by atoms with Gasteiger partial charge in [-0.1, -0.05) is 6.92 Å². The van der Waals surface area contributed by atoms with Gasteiger partial charge in [-0.25, -0.2) is 8.78 Å². The van der Waals surface area contributed by atoms with Crippen LogP contribution in [0.4, 0.5) is 13.2 Å². The summed E-state index contributed by atoms with van der Waals surface area (Å²) in [6.07, 6.45) is 0.242.